The van der Waals surface area contributed by atoms with Crippen molar-refractivity contribution in [2.75, 3.05) is 39.3 Å². The molecular formula is C15H25N3O3. The van der Waals surface area contributed by atoms with Crippen LogP contribution in [0, 0.1) is 5.92 Å². The summed E-state index contributed by atoms with van der Waals surface area (Å²) in [4.78, 5) is 29.4. The SMILES string of the molecule is O=C(O)N1CCC(C(=O)N2CCCN(C3CCC3)CC2)C1. The van der Waals surface area contributed by atoms with Crippen molar-refractivity contribution in [2.24, 2.45) is 5.92 Å². The van der Waals surface area contributed by atoms with Crippen molar-refractivity contribution < 1.29 is 14.7 Å². The molecule has 3 fully saturated rings. The van der Waals surface area contributed by atoms with E-state index in [1.165, 1.54) is 24.2 Å². The number of carbonyl (C=O) groups excluding carboxylic acids is 1. The first-order valence-corrected chi connectivity index (χ1v) is 8.16. The quantitative estimate of drug-likeness (QED) is 0.828. The van der Waals surface area contributed by atoms with Crippen LogP contribution in [0.5, 0.6) is 0 Å². The van der Waals surface area contributed by atoms with E-state index in [4.69, 9.17) is 5.11 Å². The van der Waals surface area contributed by atoms with Crippen LogP contribution in [0.4, 0.5) is 4.79 Å². The summed E-state index contributed by atoms with van der Waals surface area (Å²) in [7, 11) is 0. The van der Waals surface area contributed by atoms with Crippen molar-refractivity contribution in [3.05, 3.63) is 0 Å². The van der Waals surface area contributed by atoms with Gasteiger partial charge in [-0.05, 0) is 25.7 Å². The summed E-state index contributed by atoms with van der Waals surface area (Å²) in [6, 6.07) is 0.744. The molecule has 3 rings (SSSR count). The molecule has 1 atom stereocenters. The first-order valence-electron chi connectivity index (χ1n) is 8.16. The minimum absolute atomic E-state index is 0.128. The molecule has 2 aliphatic heterocycles. The van der Waals surface area contributed by atoms with Gasteiger partial charge in [0, 0.05) is 45.3 Å². The number of amides is 2. The van der Waals surface area contributed by atoms with Gasteiger partial charge in [-0.3, -0.25) is 9.69 Å². The minimum atomic E-state index is -0.905. The van der Waals surface area contributed by atoms with E-state index in [0.29, 0.717) is 19.5 Å². The molecule has 1 aliphatic carbocycles. The normalized spacial score (nSPS) is 28.3. The van der Waals surface area contributed by atoms with E-state index in [-0.39, 0.29) is 11.8 Å². The fourth-order valence-electron chi connectivity index (χ4n) is 3.67. The Kier molecular flexibility index (Phi) is 4.33. The molecule has 0 aromatic heterocycles. The van der Waals surface area contributed by atoms with Crippen LogP contribution in [0.15, 0.2) is 0 Å². The topological polar surface area (TPSA) is 64.1 Å². The molecule has 1 saturated carbocycles. The van der Waals surface area contributed by atoms with Gasteiger partial charge in [-0.1, -0.05) is 6.42 Å². The molecule has 0 radical (unpaired) electrons. The van der Waals surface area contributed by atoms with E-state index in [1.54, 1.807) is 0 Å². The third kappa shape index (κ3) is 3.15. The third-order valence-electron chi connectivity index (χ3n) is 5.24. The van der Waals surface area contributed by atoms with Gasteiger partial charge in [-0.25, -0.2) is 4.79 Å². The highest BCUT2D eigenvalue weighted by Gasteiger charge is 2.34. The smallest absolute Gasteiger partial charge is 0.407 e. The molecule has 0 aromatic rings. The second kappa shape index (κ2) is 6.22. The first kappa shape index (κ1) is 14.6. The number of likely N-dealkylation sites (tertiary alicyclic amines) is 1. The molecule has 6 nitrogen and oxygen atoms in total. The lowest BCUT2D eigenvalue weighted by Gasteiger charge is -2.36. The maximum Gasteiger partial charge on any atom is 0.407 e. The Bertz CT molecular complexity index is 411. The van der Waals surface area contributed by atoms with Gasteiger partial charge in [-0.15, -0.1) is 0 Å². The number of hydrogen-bond acceptors (Lipinski definition) is 3. The maximum atomic E-state index is 12.6. The minimum Gasteiger partial charge on any atom is -0.465 e. The average Bonchev–Trinajstić information content (AvgIpc) is 2.78. The van der Waals surface area contributed by atoms with Crippen LogP contribution in [0.25, 0.3) is 0 Å². The van der Waals surface area contributed by atoms with Crippen molar-refractivity contribution >= 4 is 12.0 Å². The summed E-state index contributed by atoms with van der Waals surface area (Å²) in [6.07, 6.45) is 4.77. The lowest BCUT2D eigenvalue weighted by Crippen LogP contribution is -2.44. The fraction of sp³-hybridized carbons (Fsp3) is 0.867. The number of hydrogen-bond donors (Lipinski definition) is 1. The zero-order valence-corrected chi connectivity index (χ0v) is 12.5. The number of rotatable bonds is 2. The summed E-state index contributed by atoms with van der Waals surface area (Å²) in [5, 5.41) is 8.99. The Morgan fingerprint density at radius 1 is 0.857 bits per heavy atom. The van der Waals surface area contributed by atoms with E-state index in [0.717, 1.165) is 38.6 Å². The molecule has 0 spiro atoms. The zero-order chi connectivity index (χ0) is 14.8. The predicted molar refractivity (Wildman–Crippen MR) is 78.1 cm³/mol. The van der Waals surface area contributed by atoms with Crippen LogP contribution < -0.4 is 0 Å². The third-order valence-corrected chi connectivity index (χ3v) is 5.24. The van der Waals surface area contributed by atoms with Crippen molar-refractivity contribution in [2.45, 2.75) is 38.1 Å². The molecule has 1 N–H and O–H groups in total. The Balaban J connectivity index is 1.52. The van der Waals surface area contributed by atoms with Gasteiger partial charge in [0.25, 0.3) is 0 Å². The summed E-state index contributed by atoms with van der Waals surface area (Å²) in [5.74, 6) is 0.0329. The Hall–Kier alpha value is -1.30. The van der Waals surface area contributed by atoms with Crippen LogP contribution in [0.2, 0.25) is 0 Å². The molecule has 2 amide bonds. The van der Waals surface area contributed by atoms with E-state index >= 15 is 0 Å². The highest BCUT2D eigenvalue weighted by Crippen LogP contribution is 2.26. The molecule has 0 aromatic carbocycles. The molecule has 21 heavy (non-hydrogen) atoms. The Labute approximate surface area is 125 Å². The standard InChI is InChI=1S/C15H25N3O3/c19-14(12-5-8-18(11-12)15(20)21)17-7-2-6-16(9-10-17)13-3-1-4-13/h12-13H,1-11H2,(H,20,21). The van der Waals surface area contributed by atoms with Gasteiger partial charge >= 0.3 is 6.09 Å². The predicted octanol–water partition coefficient (Wildman–Crippen LogP) is 1.07. The summed E-state index contributed by atoms with van der Waals surface area (Å²) in [6.45, 7) is 4.57. The van der Waals surface area contributed by atoms with Gasteiger partial charge in [0.2, 0.25) is 5.91 Å². The van der Waals surface area contributed by atoms with E-state index in [9.17, 15) is 9.59 Å². The second-order valence-corrected chi connectivity index (χ2v) is 6.51. The fourth-order valence-corrected chi connectivity index (χ4v) is 3.67. The van der Waals surface area contributed by atoms with Crippen molar-refractivity contribution in [1.82, 2.24) is 14.7 Å². The summed E-state index contributed by atoms with van der Waals surface area (Å²) < 4.78 is 0. The number of nitrogens with zero attached hydrogens (tertiary/aromatic N) is 3. The largest absolute Gasteiger partial charge is 0.465 e. The Morgan fingerprint density at radius 3 is 2.29 bits per heavy atom. The highest BCUT2D eigenvalue weighted by atomic mass is 16.4. The lowest BCUT2D eigenvalue weighted by molar-refractivity contribution is -0.135. The Morgan fingerprint density at radius 2 is 1.67 bits per heavy atom. The van der Waals surface area contributed by atoms with Gasteiger partial charge in [-0.2, -0.15) is 0 Å². The summed E-state index contributed by atoms with van der Waals surface area (Å²) >= 11 is 0. The molecule has 6 heteroatoms. The molecule has 3 aliphatic rings. The van der Waals surface area contributed by atoms with E-state index in [1.807, 2.05) is 4.90 Å². The highest BCUT2D eigenvalue weighted by molar-refractivity contribution is 5.80. The van der Waals surface area contributed by atoms with Gasteiger partial charge in [0.05, 0.1) is 5.92 Å². The summed E-state index contributed by atoms with van der Waals surface area (Å²) in [5.41, 5.74) is 0. The monoisotopic (exact) mass is 295 g/mol. The molecule has 2 saturated heterocycles. The zero-order valence-electron chi connectivity index (χ0n) is 12.5. The first-order chi connectivity index (χ1) is 10.1. The number of carboxylic acid groups (broad SMARTS) is 1. The van der Waals surface area contributed by atoms with Gasteiger partial charge in [0.15, 0.2) is 0 Å². The van der Waals surface area contributed by atoms with Crippen LogP contribution in [-0.4, -0.2) is 77.1 Å². The van der Waals surface area contributed by atoms with Crippen molar-refractivity contribution in [3.63, 3.8) is 0 Å². The van der Waals surface area contributed by atoms with Gasteiger partial charge in [0.1, 0.15) is 0 Å². The van der Waals surface area contributed by atoms with Gasteiger partial charge < -0.3 is 14.9 Å². The average molecular weight is 295 g/mol. The second-order valence-electron chi connectivity index (χ2n) is 6.51. The van der Waals surface area contributed by atoms with Crippen LogP contribution in [-0.2, 0) is 4.79 Å². The van der Waals surface area contributed by atoms with Crippen molar-refractivity contribution in [1.29, 1.82) is 0 Å². The van der Waals surface area contributed by atoms with E-state index < -0.39 is 6.09 Å². The van der Waals surface area contributed by atoms with Crippen molar-refractivity contribution in [3.8, 4) is 0 Å². The molecular weight excluding hydrogens is 270 g/mol. The van der Waals surface area contributed by atoms with E-state index in [2.05, 4.69) is 4.90 Å². The number of carbonyl (C=O) groups is 2. The molecule has 2 heterocycles. The van der Waals surface area contributed by atoms with Crippen LogP contribution >= 0.6 is 0 Å². The molecule has 0 bridgehead atoms. The lowest BCUT2D eigenvalue weighted by atomic mass is 9.91. The molecule has 118 valence electrons. The van der Waals surface area contributed by atoms with Crippen LogP contribution in [0.3, 0.4) is 0 Å². The maximum absolute atomic E-state index is 12.6. The van der Waals surface area contributed by atoms with Crippen LogP contribution in [0.1, 0.15) is 32.1 Å². The molecule has 1 unspecified atom stereocenters.